The number of hydrogen-bond donors (Lipinski definition) is 2. The highest BCUT2D eigenvalue weighted by Crippen LogP contribution is 2.24. The summed E-state index contributed by atoms with van der Waals surface area (Å²) in [7, 11) is 3.86. The van der Waals surface area contributed by atoms with Crippen molar-refractivity contribution >= 4 is 28.6 Å². The maximum atomic E-state index is 12.1. The van der Waals surface area contributed by atoms with E-state index < -0.39 is 0 Å². The maximum absolute atomic E-state index is 12.1. The number of anilines is 2. The van der Waals surface area contributed by atoms with Gasteiger partial charge in [0, 0.05) is 26.0 Å². The zero-order chi connectivity index (χ0) is 13.8. The molecule has 2 rings (SSSR count). The molecule has 3 N–H and O–H groups in total. The number of nitrogens with zero attached hydrogens (tertiary/aromatic N) is 2. The predicted molar refractivity (Wildman–Crippen MR) is 78.7 cm³/mol. The lowest BCUT2D eigenvalue weighted by atomic mass is 10.2. The number of hydrogen-bond acceptors (Lipinski definition) is 5. The second-order valence-corrected chi connectivity index (χ2v) is 5.14. The van der Waals surface area contributed by atoms with Gasteiger partial charge in [0.15, 0.2) is 0 Å². The molecule has 0 radical (unpaired) electrons. The average Bonchev–Trinajstić information content (AvgIpc) is 2.88. The number of carbonyl (C=O) groups is 1. The van der Waals surface area contributed by atoms with E-state index in [4.69, 9.17) is 5.73 Å². The second kappa shape index (κ2) is 5.81. The van der Waals surface area contributed by atoms with Crippen LogP contribution in [0.2, 0.25) is 0 Å². The highest BCUT2D eigenvalue weighted by Gasteiger charge is 2.12. The lowest BCUT2D eigenvalue weighted by Gasteiger charge is -2.17. The number of para-hydroxylation sites is 2. The van der Waals surface area contributed by atoms with Crippen molar-refractivity contribution in [2.24, 2.45) is 5.73 Å². The number of nitrogens with one attached hydrogen (secondary N) is 1. The Balaban J connectivity index is 2.19. The summed E-state index contributed by atoms with van der Waals surface area (Å²) in [6.45, 7) is 0.353. The molecular formula is C13H16N4OS. The van der Waals surface area contributed by atoms with Gasteiger partial charge in [-0.3, -0.25) is 4.79 Å². The Morgan fingerprint density at radius 2 is 2.16 bits per heavy atom. The topological polar surface area (TPSA) is 71.2 Å². The molecule has 1 amide bonds. The SMILES string of the molecule is CN(C)c1ccccc1NC(=O)c1csc(CN)n1. The van der Waals surface area contributed by atoms with E-state index in [9.17, 15) is 4.79 Å². The molecule has 100 valence electrons. The van der Waals surface area contributed by atoms with Crippen LogP contribution in [0.15, 0.2) is 29.6 Å². The minimum atomic E-state index is -0.217. The number of amides is 1. The summed E-state index contributed by atoms with van der Waals surface area (Å²) >= 11 is 1.39. The van der Waals surface area contributed by atoms with E-state index in [2.05, 4.69) is 10.3 Å². The van der Waals surface area contributed by atoms with Crippen LogP contribution >= 0.6 is 11.3 Å². The van der Waals surface area contributed by atoms with Gasteiger partial charge in [-0.2, -0.15) is 0 Å². The van der Waals surface area contributed by atoms with E-state index in [0.29, 0.717) is 12.2 Å². The van der Waals surface area contributed by atoms with Crippen LogP contribution in [0.1, 0.15) is 15.5 Å². The first-order chi connectivity index (χ1) is 9.11. The summed E-state index contributed by atoms with van der Waals surface area (Å²) < 4.78 is 0. The minimum Gasteiger partial charge on any atom is -0.376 e. The zero-order valence-electron chi connectivity index (χ0n) is 10.9. The van der Waals surface area contributed by atoms with Gasteiger partial charge in [0.05, 0.1) is 11.4 Å². The highest BCUT2D eigenvalue weighted by molar-refractivity contribution is 7.09. The normalized spacial score (nSPS) is 10.3. The Kier molecular flexibility index (Phi) is 4.13. The monoisotopic (exact) mass is 276 g/mol. The number of aromatic nitrogens is 1. The van der Waals surface area contributed by atoms with Gasteiger partial charge in [0.25, 0.3) is 5.91 Å². The molecule has 5 nitrogen and oxygen atoms in total. The van der Waals surface area contributed by atoms with Gasteiger partial charge in [-0.1, -0.05) is 12.1 Å². The van der Waals surface area contributed by atoms with Crippen molar-refractivity contribution in [3.05, 3.63) is 40.3 Å². The predicted octanol–water partition coefficient (Wildman–Crippen LogP) is 1.92. The van der Waals surface area contributed by atoms with Crippen molar-refractivity contribution in [1.29, 1.82) is 0 Å². The highest BCUT2D eigenvalue weighted by atomic mass is 32.1. The third-order valence-electron chi connectivity index (χ3n) is 2.59. The first-order valence-corrected chi connectivity index (χ1v) is 6.72. The van der Waals surface area contributed by atoms with Crippen LogP contribution < -0.4 is 16.0 Å². The van der Waals surface area contributed by atoms with E-state index in [1.807, 2.05) is 43.3 Å². The van der Waals surface area contributed by atoms with Crippen molar-refractivity contribution < 1.29 is 4.79 Å². The van der Waals surface area contributed by atoms with Gasteiger partial charge < -0.3 is 16.0 Å². The Labute approximate surface area is 116 Å². The third kappa shape index (κ3) is 3.10. The Morgan fingerprint density at radius 3 is 2.79 bits per heavy atom. The van der Waals surface area contributed by atoms with Crippen LogP contribution in [0.25, 0.3) is 0 Å². The van der Waals surface area contributed by atoms with Crippen molar-refractivity contribution in [3.63, 3.8) is 0 Å². The second-order valence-electron chi connectivity index (χ2n) is 4.20. The molecule has 0 fully saturated rings. The number of carbonyl (C=O) groups excluding carboxylic acids is 1. The fraction of sp³-hybridized carbons (Fsp3) is 0.231. The summed E-state index contributed by atoms with van der Waals surface area (Å²) in [4.78, 5) is 18.2. The number of thiazole rings is 1. The number of rotatable bonds is 4. The minimum absolute atomic E-state index is 0.217. The molecule has 0 spiro atoms. The Bertz CT molecular complexity index is 580. The summed E-state index contributed by atoms with van der Waals surface area (Å²) in [5.74, 6) is -0.217. The lowest BCUT2D eigenvalue weighted by molar-refractivity contribution is 0.102. The number of nitrogens with two attached hydrogens (primary N) is 1. The third-order valence-corrected chi connectivity index (χ3v) is 3.46. The van der Waals surface area contributed by atoms with E-state index in [0.717, 1.165) is 16.4 Å². The molecule has 1 heterocycles. The number of benzene rings is 1. The van der Waals surface area contributed by atoms with E-state index in [-0.39, 0.29) is 5.91 Å². The van der Waals surface area contributed by atoms with Gasteiger partial charge in [-0.25, -0.2) is 4.98 Å². The van der Waals surface area contributed by atoms with Crippen molar-refractivity contribution in [3.8, 4) is 0 Å². The van der Waals surface area contributed by atoms with Crippen molar-refractivity contribution in [2.75, 3.05) is 24.3 Å². The van der Waals surface area contributed by atoms with E-state index in [1.54, 1.807) is 5.38 Å². The summed E-state index contributed by atoms with van der Waals surface area (Å²) in [6, 6.07) is 7.63. The first kappa shape index (κ1) is 13.5. The molecule has 0 unspecified atom stereocenters. The van der Waals surface area contributed by atoms with Crippen LogP contribution in [-0.2, 0) is 6.54 Å². The van der Waals surface area contributed by atoms with Crippen molar-refractivity contribution in [1.82, 2.24) is 4.98 Å². The molecular weight excluding hydrogens is 260 g/mol. The van der Waals surface area contributed by atoms with Gasteiger partial charge in [-0.15, -0.1) is 11.3 Å². The zero-order valence-corrected chi connectivity index (χ0v) is 11.7. The van der Waals surface area contributed by atoms with Gasteiger partial charge in [0.2, 0.25) is 0 Å². The average molecular weight is 276 g/mol. The first-order valence-electron chi connectivity index (χ1n) is 5.84. The van der Waals surface area contributed by atoms with Crippen LogP contribution in [-0.4, -0.2) is 25.0 Å². The fourth-order valence-corrected chi connectivity index (χ4v) is 2.32. The Morgan fingerprint density at radius 1 is 1.42 bits per heavy atom. The smallest absolute Gasteiger partial charge is 0.275 e. The molecule has 19 heavy (non-hydrogen) atoms. The van der Waals surface area contributed by atoms with Crippen LogP contribution in [0.3, 0.4) is 0 Å². The summed E-state index contributed by atoms with van der Waals surface area (Å²) in [5, 5.41) is 5.34. The lowest BCUT2D eigenvalue weighted by Crippen LogP contribution is -2.17. The summed E-state index contributed by atoms with van der Waals surface area (Å²) in [5.41, 5.74) is 7.60. The molecule has 2 aromatic rings. The van der Waals surface area contributed by atoms with Gasteiger partial charge in [0.1, 0.15) is 10.7 Å². The summed E-state index contributed by atoms with van der Waals surface area (Å²) in [6.07, 6.45) is 0. The molecule has 1 aromatic carbocycles. The molecule has 0 saturated heterocycles. The quantitative estimate of drug-likeness (QED) is 0.895. The molecule has 0 saturated carbocycles. The molecule has 6 heteroatoms. The fourth-order valence-electron chi connectivity index (χ4n) is 1.66. The van der Waals surface area contributed by atoms with Crippen LogP contribution in [0, 0.1) is 0 Å². The molecule has 0 aliphatic rings. The van der Waals surface area contributed by atoms with Gasteiger partial charge >= 0.3 is 0 Å². The molecule has 1 aromatic heterocycles. The Hall–Kier alpha value is -1.92. The largest absolute Gasteiger partial charge is 0.376 e. The molecule has 0 aliphatic carbocycles. The molecule has 0 atom stereocenters. The van der Waals surface area contributed by atoms with Crippen LogP contribution in [0.4, 0.5) is 11.4 Å². The standard InChI is InChI=1S/C13H16N4OS/c1-17(2)11-6-4-3-5-9(11)16-13(18)10-8-19-12(7-14)15-10/h3-6,8H,7,14H2,1-2H3,(H,16,18). The van der Waals surface area contributed by atoms with Crippen molar-refractivity contribution in [2.45, 2.75) is 6.54 Å². The molecule has 0 aliphatic heterocycles. The van der Waals surface area contributed by atoms with E-state index in [1.165, 1.54) is 11.3 Å². The van der Waals surface area contributed by atoms with Crippen LogP contribution in [0.5, 0.6) is 0 Å². The molecule has 0 bridgehead atoms. The van der Waals surface area contributed by atoms with Gasteiger partial charge in [-0.05, 0) is 12.1 Å². The maximum Gasteiger partial charge on any atom is 0.275 e. The van der Waals surface area contributed by atoms with E-state index >= 15 is 0 Å².